The molecular formula is C12H25ClO4S. The summed E-state index contributed by atoms with van der Waals surface area (Å²) in [4.78, 5) is 0. The first-order valence-corrected chi connectivity index (χ1v) is 8.97. The second kappa shape index (κ2) is 11.0. The number of rotatable bonds is 12. The van der Waals surface area contributed by atoms with Crippen molar-refractivity contribution in [2.24, 2.45) is 5.92 Å². The second-order valence-electron chi connectivity index (χ2n) is 4.74. The van der Waals surface area contributed by atoms with Crippen molar-refractivity contribution < 1.29 is 17.9 Å². The Bertz CT molecular complexity index is 278. The van der Waals surface area contributed by atoms with Crippen LogP contribution in [0.15, 0.2) is 0 Å². The van der Waals surface area contributed by atoms with Crippen molar-refractivity contribution in [2.45, 2.75) is 39.5 Å². The lowest BCUT2D eigenvalue weighted by Gasteiger charge is -2.07. The minimum atomic E-state index is -3.31. The lowest BCUT2D eigenvalue weighted by atomic mass is 10.2. The molecule has 0 aromatic carbocycles. The van der Waals surface area contributed by atoms with Crippen LogP contribution in [0.1, 0.15) is 39.5 Å². The highest BCUT2D eigenvalue weighted by molar-refractivity contribution is 8.13. The Balaban J connectivity index is 3.08. The van der Waals surface area contributed by atoms with Gasteiger partial charge in [-0.05, 0) is 18.8 Å². The van der Waals surface area contributed by atoms with Gasteiger partial charge in [0.25, 0.3) is 0 Å². The summed E-state index contributed by atoms with van der Waals surface area (Å²) in [5.74, 6) is 0.626. The maximum Gasteiger partial charge on any atom is 0.232 e. The fraction of sp³-hybridized carbons (Fsp3) is 1.00. The smallest absolute Gasteiger partial charge is 0.232 e. The summed E-state index contributed by atoms with van der Waals surface area (Å²) in [6.45, 7) is 6.98. The Kier molecular flexibility index (Phi) is 11.1. The SMILES string of the molecule is CC(C)COCCOCCCCCCS(=O)(=O)Cl. The van der Waals surface area contributed by atoms with Gasteiger partial charge in [-0.25, -0.2) is 8.42 Å². The lowest BCUT2D eigenvalue weighted by molar-refractivity contribution is 0.0366. The Hall–Kier alpha value is 0.160. The minimum absolute atomic E-state index is 0.0679. The predicted octanol–water partition coefficient (Wildman–Crippen LogP) is 2.80. The van der Waals surface area contributed by atoms with Gasteiger partial charge in [0.2, 0.25) is 9.05 Å². The molecule has 0 aromatic rings. The van der Waals surface area contributed by atoms with E-state index < -0.39 is 9.05 Å². The van der Waals surface area contributed by atoms with Crippen LogP contribution in [0.25, 0.3) is 0 Å². The molecular weight excluding hydrogens is 276 g/mol. The molecule has 0 saturated heterocycles. The van der Waals surface area contributed by atoms with E-state index in [0.29, 0.717) is 32.2 Å². The Morgan fingerprint density at radius 3 is 2.17 bits per heavy atom. The van der Waals surface area contributed by atoms with Gasteiger partial charge in [0, 0.05) is 23.9 Å². The maximum atomic E-state index is 10.6. The summed E-state index contributed by atoms with van der Waals surface area (Å²) in [6.07, 6.45) is 3.42. The molecule has 0 spiro atoms. The van der Waals surface area contributed by atoms with Crippen molar-refractivity contribution in [1.29, 1.82) is 0 Å². The third-order valence-corrected chi connectivity index (χ3v) is 3.49. The van der Waals surface area contributed by atoms with E-state index in [9.17, 15) is 8.42 Å². The average Bonchev–Trinajstić information content (AvgIpc) is 2.24. The third kappa shape index (κ3) is 16.2. The fourth-order valence-corrected chi connectivity index (χ4v) is 2.25. The van der Waals surface area contributed by atoms with Crippen molar-refractivity contribution in [2.75, 3.05) is 32.2 Å². The van der Waals surface area contributed by atoms with Crippen molar-refractivity contribution in [3.63, 3.8) is 0 Å². The summed E-state index contributed by atoms with van der Waals surface area (Å²) in [6, 6.07) is 0. The number of hydrogen-bond acceptors (Lipinski definition) is 4. The van der Waals surface area contributed by atoms with Gasteiger partial charge in [0.05, 0.1) is 19.0 Å². The van der Waals surface area contributed by atoms with Crippen LogP contribution in [0.5, 0.6) is 0 Å². The molecule has 0 unspecified atom stereocenters. The van der Waals surface area contributed by atoms with E-state index >= 15 is 0 Å². The Morgan fingerprint density at radius 2 is 1.56 bits per heavy atom. The summed E-state index contributed by atoms with van der Waals surface area (Å²) in [5, 5.41) is 0. The summed E-state index contributed by atoms with van der Waals surface area (Å²) < 4.78 is 32.0. The maximum absolute atomic E-state index is 10.6. The highest BCUT2D eigenvalue weighted by Crippen LogP contribution is 2.05. The highest BCUT2D eigenvalue weighted by Gasteiger charge is 2.03. The zero-order valence-corrected chi connectivity index (χ0v) is 12.9. The zero-order valence-electron chi connectivity index (χ0n) is 11.4. The quantitative estimate of drug-likeness (QED) is 0.411. The first kappa shape index (κ1) is 18.2. The summed E-state index contributed by atoms with van der Waals surface area (Å²) in [7, 11) is 1.79. The van der Waals surface area contributed by atoms with E-state index in [4.69, 9.17) is 20.2 Å². The largest absolute Gasteiger partial charge is 0.379 e. The molecule has 0 radical (unpaired) electrons. The standard InChI is InChI=1S/C12H25ClO4S/c1-12(2)11-17-9-8-16-7-5-3-4-6-10-18(13,14)15/h12H,3-11H2,1-2H3. The monoisotopic (exact) mass is 300 g/mol. The van der Waals surface area contributed by atoms with Gasteiger partial charge in [-0.15, -0.1) is 0 Å². The van der Waals surface area contributed by atoms with Crippen LogP contribution in [-0.2, 0) is 18.5 Å². The molecule has 6 heteroatoms. The second-order valence-corrected chi connectivity index (χ2v) is 7.63. The lowest BCUT2D eigenvalue weighted by Crippen LogP contribution is -2.09. The molecule has 0 aliphatic rings. The van der Waals surface area contributed by atoms with Crippen LogP contribution >= 0.6 is 10.7 Å². The van der Waals surface area contributed by atoms with E-state index in [1.165, 1.54) is 0 Å². The normalized spacial score (nSPS) is 12.2. The molecule has 110 valence electrons. The van der Waals surface area contributed by atoms with Crippen LogP contribution in [0, 0.1) is 5.92 Å². The fourth-order valence-electron chi connectivity index (χ4n) is 1.37. The van der Waals surface area contributed by atoms with Crippen LogP contribution in [0.2, 0.25) is 0 Å². The van der Waals surface area contributed by atoms with E-state index in [1.807, 2.05) is 0 Å². The van der Waals surface area contributed by atoms with Crippen molar-refractivity contribution in [1.82, 2.24) is 0 Å². The molecule has 0 N–H and O–H groups in total. The number of halogens is 1. The Morgan fingerprint density at radius 1 is 0.944 bits per heavy atom. The highest BCUT2D eigenvalue weighted by atomic mass is 35.7. The average molecular weight is 301 g/mol. The van der Waals surface area contributed by atoms with E-state index in [-0.39, 0.29) is 5.75 Å². The topological polar surface area (TPSA) is 52.6 Å². The first-order valence-electron chi connectivity index (χ1n) is 6.49. The van der Waals surface area contributed by atoms with Gasteiger partial charge in [-0.1, -0.05) is 26.7 Å². The van der Waals surface area contributed by atoms with Crippen LogP contribution in [0.4, 0.5) is 0 Å². The van der Waals surface area contributed by atoms with Gasteiger partial charge in [-0.2, -0.15) is 0 Å². The van der Waals surface area contributed by atoms with Crippen LogP contribution in [-0.4, -0.2) is 40.6 Å². The first-order chi connectivity index (χ1) is 8.42. The van der Waals surface area contributed by atoms with E-state index in [2.05, 4.69) is 13.8 Å². The molecule has 18 heavy (non-hydrogen) atoms. The number of unbranched alkanes of at least 4 members (excludes halogenated alkanes) is 3. The van der Waals surface area contributed by atoms with Gasteiger partial charge >= 0.3 is 0 Å². The molecule has 0 atom stereocenters. The molecule has 0 aliphatic heterocycles. The number of hydrogen-bond donors (Lipinski definition) is 0. The predicted molar refractivity (Wildman–Crippen MR) is 74.6 cm³/mol. The van der Waals surface area contributed by atoms with E-state index in [0.717, 1.165) is 25.9 Å². The third-order valence-electron chi connectivity index (χ3n) is 2.25. The van der Waals surface area contributed by atoms with Gasteiger partial charge in [0.15, 0.2) is 0 Å². The summed E-state index contributed by atoms with van der Waals surface area (Å²) >= 11 is 0. The molecule has 0 rings (SSSR count). The minimum Gasteiger partial charge on any atom is -0.379 e. The zero-order chi connectivity index (χ0) is 13.9. The van der Waals surface area contributed by atoms with Crippen molar-refractivity contribution in [3.8, 4) is 0 Å². The van der Waals surface area contributed by atoms with Crippen LogP contribution in [0.3, 0.4) is 0 Å². The van der Waals surface area contributed by atoms with Crippen molar-refractivity contribution >= 4 is 19.7 Å². The molecule has 0 aliphatic carbocycles. The van der Waals surface area contributed by atoms with Gasteiger partial charge < -0.3 is 9.47 Å². The molecule has 0 amide bonds. The summed E-state index contributed by atoms with van der Waals surface area (Å²) in [5.41, 5.74) is 0. The number of ether oxygens (including phenoxy) is 2. The molecule has 0 heterocycles. The molecule has 0 bridgehead atoms. The van der Waals surface area contributed by atoms with Crippen molar-refractivity contribution in [3.05, 3.63) is 0 Å². The molecule has 0 saturated carbocycles. The van der Waals surface area contributed by atoms with Gasteiger partial charge in [0.1, 0.15) is 0 Å². The molecule has 4 nitrogen and oxygen atoms in total. The molecule has 0 fully saturated rings. The Labute approximate surface area is 115 Å². The van der Waals surface area contributed by atoms with E-state index in [1.54, 1.807) is 0 Å². The van der Waals surface area contributed by atoms with Crippen LogP contribution < -0.4 is 0 Å². The van der Waals surface area contributed by atoms with Gasteiger partial charge in [-0.3, -0.25) is 0 Å². The molecule has 0 aromatic heterocycles.